The SMILES string of the molecule is C[C@@]1(O)CCC[C@H]1n1c(=O)c(C(F)F)cc2cnc(NC3CCN(S(=O)(=O)c4ccc(N5CCN(CC6CCN(c7ccc(C8CCC(=O)NC8=O)cc7)CC6)CC5)cc4)CC3)nc21. The molecule has 2 aromatic carbocycles. The summed E-state index contributed by atoms with van der Waals surface area (Å²) in [6.45, 7) is 8.82. The van der Waals surface area contributed by atoms with E-state index in [1.165, 1.54) is 15.1 Å². The molecule has 3 atom stereocenters. The summed E-state index contributed by atoms with van der Waals surface area (Å²) >= 11 is 0. The largest absolute Gasteiger partial charge is 0.388 e. The summed E-state index contributed by atoms with van der Waals surface area (Å²) in [5.41, 5.74) is 0.508. The maximum absolute atomic E-state index is 13.9. The topological polar surface area (TPSA) is 173 Å². The van der Waals surface area contributed by atoms with Gasteiger partial charge < -0.3 is 20.2 Å². The summed E-state index contributed by atoms with van der Waals surface area (Å²) < 4.78 is 58.0. The van der Waals surface area contributed by atoms with Crippen LogP contribution in [0.3, 0.4) is 0 Å². The summed E-state index contributed by atoms with van der Waals surface area (Å²) in [7, 11) is -3.74. The highest BCUT2D eigenvalue weighted by atomic mass is 32.2. The van der Waals surface area contributed by atoms with Crippen LogP contribution in [0.1, 0.15) is 94.2 Å². The number of anilines is 3. The minimum atomic E-state index is -3.74. The van der Waals surface area contributed by atoms with E-state index in [2.05, 4.69) is 47.4 Å². The smallest absolute Gasteiger partial charge is 0.269 e. The van der Waals surface area contributed by atoms with Crippen molar-refractivity contribution in [2.24, 2.45) is 5.92 Å². The fraction of sp³-hybridized carbons (Fsp3) is 0.543. The molecule has 2 amide bonds. The number of alkyl halides is 2. The second kappa shape index (κ2) is 18.1. The summed E-state index contributed by atoms with van der Waals surface area (Å²) in [5.74, 6) is 0.147. The molecule has 6 heterocycles. The highest BCUT2D eigenvalue weighted by Gasteiger charge is 2.40. The number of imide groups is 1. The van der Waals surface area contributed by atoms with E-state index in [1.807, 2.05) is 24.3 Å². The van der Waals surface area contributed by atoms with Gasteiger partial charge in [0.05, 0.1) is 28.0 Å². The number of rotatable bonds is 11. The van der Waals surface area contributed by atoms with Gasteiger partial charge >= 0.3 is 0 Å². The quantitative estimate of drug-likeness (QED) is 0.172. The van der Waals surface area contributed by atoms with Gasteiger partial charge in [-0.3, -0.25) is 29.2 Å². The highest BCUT2D eigenvalue weighted by Crippen LogP contribution is 2.40. The fourth-order valence-electron chi connectivity index (χ4n) is 10.5. The minimum Gasteiger partial charge on any atom is -0.388 e. The lowest BCUT2D eigenvalue weighted by atomic mass is 9.90. The number of carbonyl (C=O) groups is 2. The van der Waals surface area contributed by atoms with Crippen molar-refractivity contribution in [1.29, 1.82) is 0 Å². The van der Waals surface area contributed by atoms with Gasteiger partial charge in [0.2, 0.25) is 27.8 Å². The number of piperidine rings is 3. The van der Waals surface area contributed by atoms with Crippen LogP contribution in [0.4, 0.5) is 26.1 Å². The number of hydrogen-bond donors (Lipinski definition) is 3. The van der Waals surface area contributed by atoms with Crippen LogP contribution in [0.15, 0.2) is 70.5 Å². The first-order valence-corrected chi connectivity index (χ1v) is 24.1. The number of piperazine rings is 1. The van der Waals surface area contributed by atoms with E-state index in [1.54, 1.807) is 19.1 Å². The number of aromatic nitrogens is 3. The molecule has 4 aromatic rings. The average Bonchev–Trinajstić information content (AvgIpc) is 3.64. The average molecular weight is 902 g/mol. The molecule has 1 aliphatic carbocycles. The van der Waals surface area contributed by atoms with Crippen LogP contribution in [-0.4, -0.2) is 120 Å². The highest BCUT2D eigenvalue weighted by molar-refractivity contribution is 7.89. The Hall–Kier alpha value is -5.04. The number of hydrogen-bond acceptors (Lipinski definition) is 12. The number of pyridine rings is 1. The van der Waals surface area contributed by atoms with Crippen LogP contribution >= 0.6 is 0 Å². The molecule has 4 saturated heterocycles. The number of sulfonamides is 1. The van der Waals surface area contributed by atoms with Crippen LogP contribution in [-0.2, 0) is 19.6 Å². The summed E-state index contributed by atoms with van der Waals surface area (Å²) in [4.78, 5) is 53.6. The molecular weight excluding hydrogens is 845 g/mol. The molecule has 18 heteroatoms. The third-order valence-corrected chi connectivity index (χ3v) is 16.2. The van der Waals surface area contributed by atoms with Crippen molar-refractivity contribution in [3.05, 3.63) is 82.3 Å². The van der Waals surface area contributed by atoms with Crippen molar-refractivity contribution < 1.29 is 31.9 Å². The maximum atomic E-state index is 13.9. The van der Waals surface area contributed by atoms with Crippen molar-refractivity contribution in [2.45, 2.75) is 99.6 Å². The van der Waals surface area contributed by atoms with Crippen molar-refractivity contribution in [3.63, 3.8) is 0 Å². The second-order valence-corrected chi connectivity index (χ2v) is 20.4. The van der Waals surface area contributed by atoms with E-state index in [4.69, 9.17) is 0 Å². The zero-order valence-electron chi connectivity index (χ0n) is 36.2. The predicted octanol–water partition coefficient (Wildman–Crippen LogP) is 5.03. The number of carbonyl (C=O) groups excluding carboxylic acids is 2. The van der Waals surface area contributed by atoms with Crippen molar-refractivity contribution >= 4 is 50.2 Å². The molecule has 2 aromatic heterocycles. The summed E-state index contributed by atoms with van der Waals surface area (Å²) in [5, 5.41) is 17.0. The Morgan fingerprint density at radius 3 is 2.14 bits per heavy atom. The van der Waals surface area contributed by atoms with Crippen molar-refractivity contribution in [3.8, 4) is 0 Å². The molecule has 1 unspecified atom stereocenters. The third kappa shape index (κ3) is 9.11. The molecule has 5 fully saturated rings. The first-order valence-electron chi connectivity index (χ1n) is 22.7. The molecule has 342 valence electrons. The van der Waals surface area contributed by atoms with Gasteiger partial charge in [-0.05, 0) is 112 Å². The van der Waals surface area contributed by atoms with E-state index >= 15 is 0 Å². The Labute approximate surface area is 371 Å². The van der Waals surface area contributed by atoms with Gasteiger partial charge in [-0.2, -0.15) is 9.29 Å². The number of fused-ring (bicyclic) bond motifs is 1. The van der Waals surface area contributed by atoms with Crippen LogP contribution in [0.2, 0.25) is 0 Å². The van der Waals surface area contributed by atoms with Gasteiger partial charge in [0.1, 0.15) is 5.65 Å². The Bertz CT molecular complexity index is 2520. The molecule has 3 N–H and O–H groups in total. The van der Waals surface area contributed by atoms with Crippen molar-refractivity contribution in [1.82, 2.24) is 29.1 Å². The van der Waals surface area contributed by atoms with Gasteiger partial charge in [0.25, 0.3) is 12.0 Å². The second-order valence-electron chi connectivity index (χ2n) is 18.4. The lowest BCUT2D eigenvalue weighted by Crippen LogP contribution is -2.49. The Balaban J connectivity index is 0.739. The van der Waals surface area contributed by atoms with Crippen molar-refractivity contribution in [2.75, 3.05) is 74.0 Å². The van der Waals surface area contributed by atoms with Gasteiger partial charge in [0, 0.05) is 94.3 Å². The van der Waals surface area contributed by atoms with Gasteiger partial charge in [-0.15, -0.1) is 0 Å². The lowest BCUT2D eigenvalue weighted by Gasteiger charge is -2.40. The lowest BCUT2D eigenvalue weighted by molar-refractivity contribution is -0.134. The minimum absolute atomic E-state index is 0.161. The molecule has 1 saturated carbocycles. The van der Waals surface area contributed by atoms with Crippen LogP contribution in [0.5, 0.6) is 0 Å². The van der Waals surface area contributed by atoms with E-state index in [-0.39, 0.29) is 58.7 Å². The number of nitrogens with zero attached hydrogens (tertiary/aromatic N) is 7. The number of amides is 2. The van der Waals surface area contributed by atoms with E-state index in [0.29, 0.717) is 50.9 Å². The molecule has 64 heavy (non-hydrogen) atoms. The van der Waals surface area contributed by atoms with E-state index < -0.39 is 39.2 Å². The normalized spacial score (nSPS) is 24.8. The number of aliphatic hydroxyl groups is 1. The van der Waals surface area contributed by atoms with Gasteiger partial charge in [-0.25, -0.2) is 22.2 Å². The molecule has 0 bridgehead atoms. The van der Waals surface area contributed by atoms with Crippen LogP contribution < -0.4 is 26.0 Å². The van der Waals surface area contributed by atoms with Crippen LogP contribution in [0.25, 0.3) is 11.0 Å². The molecule has 15 nitrogen and oxygen atoms in total. The first kappa shape index (κ1) is 44.2. The fourth-order valence-corrected chi connectivity index (χ4v) is 11.9. The first-order chi connectivity index (χ1) is 30.7. The zero-order chi connectivity index (χ0) is 44.8. The van der Waals surface area contributed by atoms with Gasteiger partial charge in [0.15, 0.2) is 0 Å². The number of nitrogens with one attached hydrogen (secondary N) is 2. The molecule has 4 aliphatic heterocycles. The molecule has 9 rings (SSSR count). The van der Waals surface area contributed by atoms with Crippen LogP contribution in [0, 0.1) is 5.92 Å². The predicted molar refractivity (Wildman–Crippen MR) is 239 cm³/mol. The zero-order valence-corrected chi connectivity index (χ0v) is 37.0. The molecular formula is C46H57F2N9O6S. The monoisotopic (exact) mass is 901 g/mol. The summed E-state index contributed by atoms with van der Waals surface area (Å²) in [6, 6.07) is 15.7. The Kier molecular flexibility index (Phi) is 12.5. The Morgan fingerprint density at radius 2 is 1.52 bits per heavy atom. The third-order valence-electron chi connectivity index (χ3n) is 14.3. The molecule has 5 aliphatic rings. The maximum Gasteiger partial charge on any atom is 0.269 e. The van der Waals surface area contributed by atoms with Gasteiger partial charge in [-0.1, -0.05) is 12.1 Å². The number of benzene rings is 2. The summed E-state index contributed by atoms with van der Waals surface area (Å²) in [6.07, 6.45) is 4.06. The van der Waals surface area contributed by atoms with E-state index in [9.17, 15) is 36.7 Å². The standard InChI is InChI=1S/C46H57F2N9O6S/c1-46(61)18-2-3-39(46)57-42-32(27-38(41(47)48)44(57)60)28-49-45(52-42)50-33-16-21-56(22-17-33)64(62,63)36-10-8-35(9-11-36)55-25-23-53(24-26-55)29-30-14-19-54(20-15-30)34-6-4-31(5-7-34)37-12-13-40(58)51-43(37)59/h4-11,27-28,30,33,37,39,41,61H,2-3,12-26,29H2,1H3,(H,49,50,52)(H,51,58,59)/t37?,39-,46-/m1/s1. The Morgan fingerprint density at radius 1 is 0.859 bits per heavy atom. The molecule has 0 spiro atoms. The van der Waals surface area contributed by atoms with E-state index in [0.717, 1.165) is 81.7 Å². The molecule has 0 radical (unpaired) electrons. The number of halogens is 2.